The summed E-state index contributed by atoms with van der Waals surface area (Å²) in [6.07, 6.45) is 5.71. The lowest BCUT2D eigenvalue weighted by molar-refractivity contribution is 1.01. The van der Waals surface area contributed by atoms with E-state index in [4.69, 9.17) is 9.97 Å². The molecule has 0 spiro atoms. The third-order valence-corrected chi connectivity index (χ3v) is 10.6. The summed E-state index contributed by atoms with van der Waals surface area (Å²) >= 11 is 0. The molecule has 0 unspecified atom stereocenters. The molecule has 5 heterocycles. The Morgan fingerprint density at radius 2 is 1.02 bits per heavy atom. The van der Waals surface area contributed by atoms with Crippen LogP contribution >= 0.6 is 0 Å². The molecule has 0 fully saturated rings. The molecule has 0 bridgehead atoms. The number of nitrogens with zero attached hydrogens (tertiary/aromatic N) is 6. The fourth-order valence-corrected chi connectivity index (χ4v) is 8.23. The van der Waals surface area contributed by atoms with Gasteiger partial charge < -0.3 is 13.7 Å². The third-order valence-electron chi connectivity index (χ3n) is 10.6. The molecule has 6 heteroatoms. The minimum Gasteiger partial charge on any atom is -0.344 e. The second-order valence-corrected chi connectivity index (χ2v) is 13.4. The summed E-state index contributed by atoms with van der Waals surface area (Å²) in [6, 6.07) is 51.8. The summed E-state index contributed by atoms with van der Waals surface area (Å²) in [5.41, 5.74) is 12.1. The highest BCUT2D eigenvalue weighted by Gasteiger charge is 2.18. The highest BCUT2D eigenvalue weighted by molar-refractivity contribution is 6.13. The maximum Gasteiger partial charge on any atom is 0.159 e. The minimum absolute atomic E-state index is 0.716. The Hall–Kier alpha value is -7.05. The van der Waals surface area contributed by atoms with Crippen LogP contribution < -0.4 is 0 Å². The van der Waals surface area contributed by atoms with Gasteiger partial charge in [-0.1, -0.05) is 60.7 Å². The number of hydrogen-bond acceptors (Lipinski definition) is 3. The van der Waals surface area contributed by atoms with Gasteiger partial charge in [0.2, 0.25) is 0 Å². The maximum atomic E-state index is 5.12. The van der Waals surface area contributed by atoms with E-state index in [9.17, 15) is 0 Å². The Morgan fingerprint density at radius 3 is 1.88 bits per heavy atom. The van der Waals surface area contributed by atoms with Crippen LogP contribution in [0, 0.1) is 0 Å². The van der Waals surface area contributed by atoms with Crippen LogP contribution in [-0.4, -0.2) is 28.7 Å². The molecule has 0 amide bonds. The van der Waals surface area contributed by atoms with Gasteiger partial charge in [-0.25, -0.2) is 9.97 Å². The molecule has 6 aromatic carbocycles. The second-order valence-electron chi connectivity index (χ2n) is 13.4. The summed E-state index contributed by atoms with van der Waals surface area (Å²) in [5.74, 6) is 0.716. The van der Waals surface area contributed by atoms with Crippen molar-refractivity contribution in [3.05, 3.63) is 164 Å². The highest BCUT2D eigenvalue weighted by atomic mass is 15.0. The zero-order valence-electron chi connectivity index (χ0n) is 28.3. The molecule has 0 N–H and O–H groups in total. The van der Waals surface area contributed by atoms with Gasteiger partial charge in [-0.05, 0) is 84.9 Å². The minimum atomic E-state index is 0.716. The van der Waals surface area contributed by atoms with Gasteiger partial charge in [0.1, 0.15) is 0 Å². The van der Waals surface area contributed by atoms with Crippen LogP contribution in [-0.2, 0) is 7.05 Å². The van der Waals surface area contributed by atoms with Crippen molar-refractivity contribution in [2.45, 2.75) is 0 Å². The molecular formula is C46H30N6. The van der Waals surface area contributed by atoms with Gasteiger partial charge >= 0.3 is 0 Å². The standard InChI is InChI=1S/C46H30N6/c1-50-40-13-7-5-11-33(40)36-26-30(16-18-41(36)50)46-48-24-22-39(49-46)29-15-19-43-37(25-29)34-12-6-8-14-42(34)52(43)32-17-20-44-38(27-32)35-21-23-47-28-45(35)51(44)31-9-3-2-4-10-31/h2-28H,1H3. The first-order chi connectivity index (χ1) is 25.7. The maximum absolute atomic E-state index is 5.12. The van der Waals surface area contributed by atoms with Crippen molar-refractivity contribution < 1.29 is 0 Å². The molecule has 11 rings (SSSR count). The van der Waals surface area contributed by atoms with E-state index in [1.165, 1.54) is 43.4 Å². The number of hydrogen-bond donors (Lipinski definition) is 0. The number of aromatic nitrogens is 6. The third kappa shape index (κ3) is 4.15. The second kappa shape index (κ2) is 11.0. The van der Waals surface area contributed by atoms with E-state index in [-0.39, 0.29) is 0 Å². The first-order valence-electron chi connectivity index (χ1n) is 17.5. The molecule has 0 aliphatic heterocycles. The molecule has 0 radical (unpaired) electrons. The van der Waals surface area contributed by atoms with Gasteiger partial charge in [-0.15, -0.1) is 0 Å². The molecule has 5 aromatic heterocycles. The fourth-order valence-electron chi connectivity index (χ4n) is 8.23. The van der Waals surface area contributed by atoms with Crippen molar-refractivity contribution in [2.24, 2.45) is 7.05 Å². The SMILES string of the molecule is Cn1c2ccccc2c2cc(-c3nccc(-c4ccc5c(c4)c4ccccc4n5-c4ccc5c(c4)c4ccncc4n5-c4ccccc4)n3)ccc21. The van der Waals surface area contributed by atoms with Crippen LogP contribution in [0.4, 0.5) is 0 Å². The van der Waals surface area contributed by atoms with E-state index in [0.717, 1.165) is 50.3 Å². The van der Waals surface area contributed by atoms with Gasteiger partial charge in [0, 0.05) is 85.3 Å². The summed E-state index contributed by atoms with van der Waals surface area (Å²) in [7, 11) is 2.12. The van der Waals surface area contributed by atoms with Crippen LogP contribution in [0.5, 0.6) is 0 Å². The van der Waals surface area contributed by atoms with E-state index in [1.807, 2.05) is 24.7 Å². The molecule has 0 saturated heterocycles. The molecule has 0 aliphatic carbocycles. The van der Waals surface area contributed by atoms with Gasteiger partial charge in [0.15, 0.2) is 5.82 Å². The lowest BCUT2D eigenvalue weighted by Gasteiger charge is -2.10. The lowest BCUT2D eigenvalue weighted by Crippen LogP contribution is -1.96. The van der Waals surface area contributed by atoms with Crippen LogP contribution in [0.1, 0.15) is 0 Å². The van der Waals surface area contributed by atoms with Crippen molar-refractivity contribution in [3.8, 4) is 34.0 Å². The Kier molecular flexibility index (Phi) is 6.07. The number of pyridine rings is 1. The van der Waals surface area contributed by atoms with Crippen LogP contribution in [0.3, 0.4) is 0 Å². The van der Waals surface area contributed by atoms with Crippen LogP contribution in [0.2, 0.25) is 0 Å². The quantitative estimate of drug-likeness (QED) is 0.188. The molecule has 0 saturated carbocycles. The van der Waals surface area contributed by atoms with Gasteiger partial charge in [0.05, 0.1) is 34.0 Å². The van der Waals surface area contributed by atoms with E-state index in [2.05, 4.69) is 165 Å². The summed E-state index contributed by atoms with van der Waals surface area (Å²) in [5, 5.41) is 7.19. The largest absolute Gasteiger partial charge is 0.344 e. The Labute approximate surface area is 298 Å². The van der Waals surface area contributed by atoms with E-state index < -0.39 is 0 Å². The number of benzene rings is 6. The number of fused-ring (bicyclic) bond motifs is 9. The molecule has 0 aliphatic rings. The van der Waals surface area contributed by atoms with Gasteiger partial charge in [0.25, 0.3) is 0 Å². The zero-order chi connectivity index (χ0) is 34.3. The van der Waals surface area contributed by atoms with Crippen molar-refractivity contribution in [3.63, 3.8) is 0 Å². The first kappa shape index (κ1) is 28.8. The van der Waals surface area contributed by atoms with Gasteiger partial charge in [-0.3, -0.25) is 4.98 Å². The van der Waals surface area contributed by atoms with Crippen molar-refractivity contribution >= 4 is 65.4 Å². The summed E-state index contributed by atoms with van der Waals surface area (Å²) < 4.78 is 6.93. The normalized spacial score (nSPS) is 11.9. The number of aryl methyl sites for hydroxylation is 1. The molecule has 52 heavy (non-hydrogen) atoms. The smallest absolute Gasteiger partial charge is 0.159 e. The van der Waals surface area contributed by atoms with Crippen LogP contribution in [0.25, 0.3) is 99.4 Å². The molecule has 11 aromatic rings. The van der Waals surface area contributed by atoms with Crippen molar-refractivity contribution in [2.75, 3.05) is 0 Å². The van der Waals surface area contributed by atoms with E-state index in [0.29, 0.717) is 5.82 Å². The molecule has 0 atom stereocenters. The Bertz CT molecular complexity index is 3200. The average Bonchev–Trinajstić information content (AvgIpc) is 3.83. The Morgan fingerprint density at radius 1 is 0.423 bits per heavy atom. The monoisotopic (exact) mass is 666 g/mol. The van der Waals surface area contributed by atoms with Crippen molar-refractivity contribution in [1.29, 1.82) is 0 Å². The Balaban J connectivity index is 1.05. The fraction of sp³-hybridized carbons (Fsp3) is 0.0217. The molecule has 244 valence electrons. The zero-order valence-corrected chi connectivity index (χ0v) is 28.3. The predicted molar refractivity (Wildman–Crippen MR) is 213 cm³/mol. The summed E-state index contributed by atoms with van der Waals surface area (Å²) in [6.45, 7) is 0. The lowest BCUT2D eigenvalue weighted by atomic mass is 10.1. The average molecular weight is 667 g/mol. The number of para-hydroxylation sites is 3. The first-order valence-corrected chi connectivity index (χ1v) is 17.5. The topological polar surface area (TPSA) is 53.5 Å². The molecule has 6 nitrogen and oxygen atoms in total. The van der Waals surface area contributed by atoms with Crippen LogP contribution in [0.15, 0.2) is 164 Å². The van der Waals surface area contributed by atoms with E-state index in [1.54, 1.807) is 0 Å². The van der Waals surface area contributed by atoms with E-state index >= 15 is 0 Å². The summed E-state index contributed by atoms with van der Waals surface area (Å²) in [4.78, 5) is 14.3. The van der Waals surface area contributed by atoms with Gasteiger partial charge in [-0.2, -0.15) is 0 Å². The highest BCUT2D eigenvalue weighted by Crippen LogP contribution is 2.38. The number of rotatable bonds is 4. The predicted octanol–water partition coefficient (Wildman–Crippen LogP) is 11.0. The van der Waals surface area contributed by atoms with Crippen molar-refractivity contribution in [1.82, 2.24) is 28.7 Å². The molecular weight excluding hydrogens is 637 g/mol.